The lowest BCUT2D eigenvalue weighted by atomic mass is 10.3. The second kappa shape index (κ2) is 9.46. The molecule has 1 N–H and O–H groups in total. The van der Waals surface area contributed by atoms with Crippen LogP contribution in [0.3, 0.4) is 0 Å². The number of allylic oxidation sites excluding steroid dienone is 1. The summed E-state index contributed by atoms with van der Waals surface area (Å²) in [4.78, 5) is 12.0. The van der Waals surface area contributed by atoms with Crippen LogP contribution in [0.5, 0.6) is 0 Å². The lowest BCUT2D eigenvalue weighted by Crippen LogP contribution is -2.12. The summed E-state index contributed by atoms with van der Waals surface area (Å²) in [5.74, 6) is 1.22. The first-order valence-electron chi connectivity index (χ1n) is 7.34. The predicted octanol–water partition coefficient (Wildman–Crippen LogP) is 3.38. The Morgan fingerprint density at radius 1 is 1.46 bits per heavy atom. The van der Waals surface area contributed by atoms with E-state index in [-0.39, 0.29) is 5.91 Å². The van der Waals surface area contributed by atoms with Crippen molar-refractivity contribution < 1.29 is 9.53 Å². The summed E-state index contributed by atoms with van der Waals surface area (Å²) < 4.78 is 7.03. The minimum absolute atomic E-state index is 0.0949. The van der Waals surface area contributed by atoms with E-state index in [0.29, 0.717) is 36.0 Å². The van der Waals surface area contributed by atoms with Crippen LogP contribution >= 0.6 is 23.4 Å². The maximum Gasteiger partial charge on any atom is 0.225 e. The normalized spacial score (nSPS) is 10.6. The highest BCUT2D eigenvalue weighted by atomic mass is 35.5. The van der Waals surface area contributed by atoms with E-state index in [4.69, 9.17) is 16.3 Å². The topological polar surface area (TPSA) is 69.0 Å². The van der Waals surface area contributed by atoms with Crippen LogP contribution in [0.15, 0.2) is 42.1 Å². The summed E-state index contributed by atoms with van der Waals surface area (Å²) in [6, 6.07) is 7.15. The lowest BCUT2D eigenvalue weighted by Gasteiger charge is -2.08. The van der Waals surface area contributed by atoms with Crippen LogP contribution in [0.2, 0.25) is 5.02 Å². The summed E-state index contributed by atoms with van der Waals surface area (Å²) in [7, 11) is 1.61. The zero-order valence-electron chi connectivity index (χ0n) is 13.4. The number of rotatable bonds is 9. The van der Waals surface area contributed by atoms with Crippen molar-refractivity contribution in [2.45, 2.75) is 24.7 Å². The molecule has 0 unspecified atom stereocenters. The zero-order valence-corrected chi connectivity index (χ0v) is 14.9. The van der Waals surface area contributed by atoms with Gasteiger partial charge in [0.05, 0.1) is 10.7 Å². The fourth-order valence-electron chi connectivity index (χ4n) is 1.98. The molecule has 2 rings (SSSR count). The number of carbonyl (C=O) groups is 1. The number of ether oxygens (including phenoxy) is 1. The highest BCUT2D eigenvalue weighted by molar-refractivity contribution is 7.99. The Morgan fingerprint density at radius 3 is 2.96 bits per heavy atom. The molecule has 0 saturated carbocycles. The SMILES string of the molecule is C=CCn1c(COC)nnc1SCCC(=O)Nc1ccccc1Cl. The number of anilines is 1. The van der Waals surface area contributed by atoms with E-state index >= 15 is 0 Å². The van der Waals surface area contributed by atoms with Crippen LogP contribution < -0.4 is 5.32 Å². The first-order valence-corrected chi connectivity index (χ1v) is 8.71. The van der Waals surface area contributed by atoms with Crippen molar-refractivity contribution in [3.8, 4) is 0 Å². The highest BCUT2D eigenvalue weighted by Gasteiger charge is 2.12. The summed E-state index contributed by atoms with van der Waals surface area (Å²) in [5.41, 5.74) is 0.617. The Balaban J connectivity index is 1.88. The maximum atomic E-state index is 12.0. The molecule has 0 spiro atoms. The Bertz CT molecular complexity index is 705. The van der Waals surface area contributed by atoms with E-state index in [0.717, 1.165) is 11.0 Å². The van der Waals surface area contributed by atoms with Crippen LogP contribution in [0, 0.1) is 0 Å². The van der Waals surface area contributed by atoms with Crippen molar-refractivity contribution in [1.82, 2.24) is 14.8 Å². The first-order chi connectivity index (χ1) is 11.7. The van der Waals surface area contributed by atoms with Crippen molar-refractivity contribution in [3.63, 3.8) is 0 Å². The molecule has 1 amide bonds. The number of aromatic nitrogens is 3. The third-order valence-electron chi connectivity index (χ3n) is 3.09. The molecule has 6 nitrogen and oxygen atoms in total. The van der Waals surface area contributed by atoms with E-state index in [2.05, 4.69) is 22.1 Å². The highest BCUT2D eigenvalue weighted by Crippen LogP contribution is 2.22. The van der Waals surface area contributed by atoms with Gasteiger partial charge in [-0.1, -0.05) is 41.6 Å². The third-order valence-corrected chi connectivity index (χ3v) is 4.38. The smallest absolute Gasteiger partial charge is 0.225 e. The molecule has 0 radical (unpaired) electrons. The van der Waals surface area contributed by atoms with Crippen molar-refractivity contribution in [2.24, 2.45) is 0 Å². The van der Waals surface area contributed by atoms with Gasteiger partial charge in [0.25, 0.3) is 0 Å². The van der Waals surface area contributed by atoms with E-state index in [9.17, 15) is 4.79 Å². The average Bonchev–Trinajstić information content (AvgIpc) is 2.93. The van der Waals surface area contributed by atoms with Gasteiger partial charge in [0.15, 0.2) is 11.0 Å². The van der Waals surface area contributed by atoms with E-state index in [1.54, 1.807) is 25.3 Å². The number of benzene rings is 1. The Kier molecular flexibility index (Phi) is 7.30. The van der Waals surface area contributed by atoms with Crippen molar-refractivity contribution >= 4 is 35.0 Å². The molecule has 1 aromatic carbocycles. The van der Waals surface area contributed by atoms with E-state index in [1.165, 1.54) is 11.8 Å². The number of amides is 1. The lowest BCUT2D eigenvalue weighted by molar-refractivity contribution is -0.115. The van der Waals surface area contributed by atoms with E-state index < -0.39 is 0 Å². The van der Waals surface area contributed by atoms with Crippen molar-refractivity contribution in [2.75, 3.05) is 18.2 Å². The molecule has 1 aromatic heterocycles. The van der Waals surface area contributed by atoms with Crippen molar-refractivity contribution in [1.29, 1.82) is 0 Å². The molecule has 0 bridgehead atoms. The summed E-state index contributed by atoms with van der Waals surface area (Å²) >= 11 is 7.49. The number of carbonyl (C=O) groups excluding carboxylic acids is 1. The molecule has 0 atom stereocenters. The molecule has 1 heterocycles. The zero-order chi connectivity index (χ0) is 17.4. The summed E-state index contributed by atoms with van der Waals surface area (Å²) in [6.07, 6.45) is 2.12. The van der Waals surface area contributed by atoms with Crippen LogP contribution in [-0.2, 0) is 22.7 Å². The molecular weight excluding hydrogens is 348 g/mol. The standard InChI is InChI=1S/C16H19ClN4O2S/c1-3-9-21-14(11-23-2)19-20-16(21)24-10-8-15(22)18-13-7-5-4-6-12(13)17/h3-7H,1,8-11H2,2H3,(H,18,22). The van der Waals surface area contributed by atoms with Gasteiger partial charge in [-0.25, -0.2) is 0 Å². The number of nitrogens with zero attached hydrogens (tertiary/aromatic N) is 3. The quantitative estimate of drug-likeness (QED) is 0.544. The molecule has 0 fully saturated rings. The number of hydrogen-bond donors (Lipinski definition) is 1. The van der Waals surface area contributed by atoms with Crippen LogP contribution in [0.1, 0.15) is 12.2 Å². The van der Waals surface area contributed by atoms with Gasteiger partial charge in [0.1, 0.15) is 6.61 Å². The monoisotopic (exact) mass is 366 g/mol. The van der Waals surface area contributed by atoms with Crippen LogP contribution in [0.25, 0.3) is 0 Å². The predicted molar refractivity (Wildman–Crippen MR) is 96.4 cm³/mol. The van der Waals surface area contributed by atoms with Gasteiger partial charge in [0, 0.05) is 25.8 Å². The molecule has 0 aliphatic rings. The Labute approximate surface area is 150 Å². The number of hydrogen-bond acceptors (Lipinski definition) is 5. The molecule has 8 heteroatoms. The molecule has 0 aliphatic heterocycles. The molecular formula is C16H19ClN4O2S. The number of nitrogens with one attached hydrogen (secondary N) is 1. The number of halogens is 1. The largest absolute Gasteiger partial charge is 0.377 e. The van der Waals surface area contributed by atoms with Gasteiger partial charge >= 0.3 is 0 Å². The summed E-state index contributed by atoms with van der Waals surface area (Å²) in [6.45, 7) is 4.72. The van der Waals surface area contributed by atoms with Crippen molar-refractivity contribution in [3.05, 3.63) is 47.8 Å². The van der Waals surface area contributed by atoms with Gasteiger partial charge in [-0.05, 0) is 12.1 Å². The second-order valence-corrected chi connectivity index (χ2v) is 6.33. The molecule has 0 saturated heterocycles. The maximum absolute atomic E-state index is 12.0. The van der Waals surface area contributed by atoms with E-state index in [1.807, 2.05) is 16.7 Å². The molecule has 0 aliphatic carbocycles. The number of para-hydroxylation sites is 1. The van der Waals surface area contributed by atoms with Crippen LogP contribution in [0.4, 0.5) is 5.69 Å². The fourth-order valence-corrected chi connectivity index (χ4v) is 3.07. The molecule has 128 valence electrons. The number of methoxy groups -OCH3 is 1. The average molecular weight is 367 g/mol. The third kappa shape index (κ3) is 5.09. The minimum Gasteiger partial charge on any atom is -0.377 e. The Hall–Kier alpha value is -1.83. The van der Waals surface area contributed by atoms with Gasteiger partial charge in [-0.15, -0.1) is 16.8 Å². The Morgan fingerprint density at radius 2 is 2.25 bits per heavy atom. The van der Waals surface area contributed by atoms with Gasteiger partial charge in [-0.3, -0.25) is 4.79 Å². The second-order valence-electron chi connectivity index (χ2n) is 4.86. The van der Waals surface area contributed by atoms with Gasteiger partial charge in [-0.2, -0.15) is 0 Å². The minimum atomic E-state index is -0.0949. The van der Waals surface area contributed by atoms with Gasteiger partial charge in [0.2, 0.25) is 5.91 Å². The molecule has 2 aromatic rings. The van der Waals surface area contributed by atoms with Gasteiger partial charge < -0.3 is 14.6 Å². The fraction of sp³-hybridized carbons (Fsp3) is 0.312. The van der Waals surface area contributed by atoms with Crippen LogP contribution in [-0.4, -0.2) is 33.5 Å². The molecule has 24 heavy (non-hydrogen) atoms. The first kappa shape index (κ1) is 18.5. The number of thioether (sulfide) groups is 1. The summed E-state index contributed by atoms with van der Waals surface area (Å²) in [5, 5.41) is 12.3.